The number of hydrogen-bond donors (Lipinski definition) is 1. The summed E-state index contributed by atoms with van der Waals surface area (Å²) in [7, 11) is -3.30. The van der Waals surface area contributed by atoms with Crippen LogP contribution in [-0.2, 0) is 27.7 Å². The summed E-state index contributed by atoms with van der Waals surface area (Å²) in [4.78, 5) is 16.3. The molecular formula is C18H24N4O4S. The van der Waals surface area contributed by atoms with E-state index in [0.717, 1.165) is 12.8 Å². The van der Waals surface area contributed by atoms with E-state index in [2.05, 4.69) is 15.5 Å². The number of rotatable bonds is 8. The number of benzene rings is 1. The normalized spacial score (nSPS) is 17.9. The second kappa shape index (κ2) is 8.62. The molecule has 1 aliphatic heterocycles. The minimum atomic E-state index is -3.30. The lowest BCUT2D eigenvalue weighted by molar-refractivity contribution is -0.121. The first-order chi connectivity index (χ1) is 12.9. The molecule has 1 amide bonds. The minimum absolute atomic E-state index is 0.0793. The summed E-state index contributed by atoms with van der Waals surface area (Å²) in [6.45, 7) is 1.04. The first kappa shape index (κ1) is 19.5. The van der Waals surface area contributed by atoms with Crippen LogP contribution >= 0.6 is 0 Å². The van der Waals surface area contributed by atoms with E-state index >= 15 is 0 Å². The van der Waals surface area contributed by atoms with Crippen molar-refractivity contribution < 1.29 is 17.7 Å². The smallest absolute Gasteiger partial charge is 0.227 e. The van der Waals surface area contributed by atoms with E-state index in [9.17, 15) is 13.2 Å². The number of nitrogens with zero attached hydrogens (tertiary/aromatic N) is 3. The van der Waals surface area contributed by atoms with Crippen LogP contribution in [0.4, 0.5) is 0 Å². The summed E-state index contributed by atoms with van der Waals surface area (Å²) in [5, 5.41) is 6.79. The molecule has 146 valence electrons. The largest absolute Gasteiger partial charge is 0.356 e. The Morgan fingerprint density at radius 1 is 1.30 bits per heavy atom. The molecule has 1 unspecified atom stereocenters. The average molecular weight is 392 g/mol. The predicted molar refractivity (Wildman–Crippen MR) is 99.3 cm³/mol. The molecule has 2 heterocycles. The fourth-order valence-corrected chi connectivity index (χ4v) is 4.32. The van der Waals surface area contributed by atoms with Crippen LogP contribution < -0.4 is 5.32 Å². The van der Waals surface area contributed by atoms with Crippen LogP contribution in [0, 0.1) is 0 Å². The molecule has 1 aliphatic rings. The maximum absolute atomic E-state index is 12.0. The highest BCUT2D eigenvalue weighted by atomic mass is 32.2. The van der Waals surface area contributed by atoms with Gasteiger partial charge in [-0.05, 0) is 24.8 Å². The fraction of sp³-hybridized carbons (Fsp3) is 0.500. The molecule has 9 heteroatoms. The van der Waals surface area contributed by atoms with Gasteiger partial charge in [-0.15, -0.1) is 0 Å². The van der Waals surface area contributed by atoms with Gasteiger partial charge in [0.2, 0.25) is 21.8 Å². The lowest BCUT2D eigenvalue weighted by atomic mass is 10.1. The summed E-state index contributed by atoms with van der Waals surface area (Å²) < 4.78 is 30.3. The molecule has 8 nitrogen and oxygen atoms in total. The van der Waals surface area contributed by atoms with Crippen LogP contribution in [0.2, 0.25) is 0 Å². The Balaban J connectivity index is 1.46. The van der Waals surface area contributed by atoms with Gasteiger partial charge in [-0.2, -0.15) is 9.29 Å². The van der Waals surface area contributed by atoms with E-state index in [4.69, 9.17) is 4.52 Å². The molecule has 0 radical (unpaired) electrons. The van der Waals surface area contributed by atoms with Gasteiger partial charge in [0.1, 0.15) is 0 Å². The Morgan fingerprint density at radius 2 is 2.07 bits per heavy atom. The number of amides is 1. The third-order valence-corrected chi connectivity index (χ3v) is 5.85. The van der Waals surface area contributed by atoms with Gasteiger partial charge in [-0.3, -0.25) is 4.79 Å². The van der Waals surface area contributed by atoms with Crippen LogP contribution in [0.5, 0.6) is 0 Å². The van der Waals surface area contributed by atoms with Gasteiger partial charge in [0.05, 0.1) is 12.3 Å². The van der Waals surface area contributed by atoms with Crippen LogP contribution in [0.25, 0.3) is 0 Å². The Bertz CT molecular complexity index is 866. The number of sulfonamides is 1. The standard InChI is InChI=1S/C18H24N4O4S/c1-27(24,25)22-13-5-8-15(22)18-20-17(26-21-18)10-9-16(23)19-12-11-14-6-3-2-4-7-14/h2-4,6-7,15H,5,8-13H2,1H3,(H,19,23). The summed E-state index contributed by atoms with van der Waals surface area (Å²) in [5.74, 6) is 0.644. The van der Waals surface area contributed by atoms with Crippen molar-refractivity contribution in [3.05, 3.63) is 47.6 Å². The number of aromatic nitrogens is 2. The zero-order valence-corrected chi connectivity index (χ0v) is 16.1. The van der Waals surface area contributed by atoms with Gasteiger partial charge in [-0.1, -0.05) is 35.5 Å². The monoisotopic (exact) mass is 392 g/mol. The van der Waals surface area contributed by atoms with Crippen molar-refractivity contribution in [3.8, 4) is 0 Å². The molecule has 0 aliphatic carbocycles. The molecule has 0 bridgehead atoms. The number of nitrogens with one attached hydrogen (secondary N) is 1. The van der Waals surface area contributed by atoms with Gasteiger partial charge in [0, 0.05) is 25.9 Å². The average Bonchev–Trinajstić information content (AvgIpc) is 3.29. The first-order valence-corrected chi connectivity index (χ1v) is 10.9. The van der Waals surface area contributed by atoms with Crippen molar-refractivity contribution in [2.75, 3.05) is 19.3 Å². The molecule has 2 aromatic rings. The van der Waals surface area contributed by atoms with Crippen molar-refractivity contribution in [1.82, 2.24) is 19.8 Å². The van der Waals surface area contributed by atoms with E-state index in [-0.39, 0.29) is 18.4 Å². The number of carbonyl (C=O) groups excluding carboxylic acids is 1. The molecule has 1 fully saturated rings. The first-order valence-electron chi connectivity index (χ1n) is 9.03. The second-order valence-electron chi connectivity index (χ2n) is 6.66. The molecule has 1 saturated heterocycles. The highest BCUT2D eigenvalue weighted by Gasteiger charge is 2.35. The van der Waals surface area contributed by atoms with E-state index in [0.29, 0.717) is 37.6 Å². The van der Waals surface area contributed by atoms with Crippen LogP contribution in [0.1, 0.15) is 42.6 Å². The Morgan fingerprint density at radius 3 is 2.81 bits per heavy atom. The van der Waals surface area contributed by atoms with Crippen molar-refractivity contribution in [3.63, 3.8) is 0 Å². The Kier molecular flexibility index (Phi) is 6.22. The van der Waals surface area contributed by atoms with Crippen LogP contribution in [0.3, 0.4) is 0 Å². The molecule has 1 N–H and O–H groups in total. The van der Waals surface area contributed by atoms with E-state index in [1.165, 1.54) is 16.1 Å². The molecule has 1 aromatic heterocycles. The van der Waals surface area contributed by atoms with E-state index < -0.39 is 10.0 Å². The molecular weight excluding hydrogens is 368 g/mol. The third kappa shape index (κ3) is 5.36. The van der Waals surface area contributed by atoms with Gasteiger partial charge >= 0.3 is 0 Å². The van der Waals surface area contributed by atoms with Crippen molar-refractivity contribution >= 4 is 15.9 Å². The molecule has 0 spiro atoms. The Hall–Kier alpha value is -2.26. The highest BCUT2D eigenvalue weighted by Crippen LogP contribution is 2.32. The van der Waals surface area contributed by atoms with Crippen LogP contribution in [-0.4, -0.2) is 48.1 Å². The molecule has 1 atom stereocenters. The second-order valence-corrected chi connectivity index (χ2v) is 8.60. The SMILES string of the molecule is CS(=O)(=O)N1CCCC1c1noc(CCC(=O)NCCc2ccccc2)n1. The maximum atomic E-state index is 12.0. The molecule has 1 aromatic carbocycles. The van der Waals surface area contributed by atoms with Crippen molar-refractivity contribution in [2.24, 2.45) is 0 Å². The highest BCUT2D eigenvalue weighted by molar-refractivity contribution is 7.88. The van der Waals surface area contributed by atoms with Crippen LogP contribution in [0.15, 0.2) is 34.9 Å². The summed E-state index contributed by atoms with van der Waals surface area (Å²) in [6.07, 6.45) is 3.98. The number of carbonyl (C=O) groups is 1. The lowest BCUT2D eigenvalue weighted by Gasteiger charge is -2.18. The molecule has 0 saturated carbocycles. The van der Waals surface area contributed by atoms with Gasteiger partial charge < -0.3 is 9.84 Å². The summed E-state index contributed by atoms with van der Waals surface area (Å²) >= 11 is 0. The topological polar surface area (TPSA) is 105 Å². The molecule has 3 rings (SSSR count). The minimum Gasteiger partial charge on any atom is -0.356 e. The fourth-order valence-electron chi connectivity index (χ4n) is 3.20. The van der Waals surface area contributed by atoms with Gasteiger partial charge in [0.15, 0.2) is 5.82 Å². The lowest BCUT2D eigenvalue weighted by Crippen LogP contribution is -2.30. The summed E-state index contributed by atoms with van der Waals surface area (Å²) in [5.41, 5.74) is 1.17. The quantitative estimate of drug-likeness (QED) is 0.729. The third-order valence-electron chi connectivity index (χ3n) is 4.56. The van der Waals surface area contributed by atoms with E-state index in [1.54, 1.807) is 0 Å². The molecule has 27 heavy (non-hydrogen) atoms. The van der Waals surface area contributed by atoms with Crippen molar-refractivity contribution in [2.45, 2.75) is 38.1 Å². The number of hydrogen-bond acceptors (Lipinski definition) is 6. The predicted octanol–water partition coefficient (Wildman–Crippen LogP) is 1.46. The van der Waals surface area contributed by atoms with Gasteiger partial charge in [0.25, 0.3) is 0 Å². The van der Waals surface area contributed by atoms with Crippen molar-refractivity contribution in [1.29, 1.82) is 0 Å². The zero-order chi connectivity index (χ0) is 19.3. The van der Waals surface area contributed by atoms with Gasteiger partial charge in [-0.25, -0.2) is 8.42 Å². The maximum Gasteiger partial charge on any atom is 0.227 e. The number of aryl methyl sites for hydroxylation is 1. The van der Waals surface area contributed by atoms with E-state index in [1.807, 2.05) is 30.3 Å². The Labute approximate surface area is 159 Å². The zero-order valence-electron chi connectivity index (χ0n) is 15.3. The summed E-state index contributed by atoms with van der Waals surface area (Å²) in [6, 6.07) is 9.57.